The van der Waals surface area contributed by atoms with Gasteiger partial charge in [0.1, 0.15) is 18.5 Å². The molecule has 0 aliphatic rings. The third-order valence-corrected chi connectivity index (χ3v) is 3.97. The van der Waals surface area contributed by atoms with Gasteiger partial charge in [-0.3, -0.25) is 4.79 Å². The van der Waals surface area contributed by atoms with Gasteiger partial charge in [0.2, 0.25) is 0 Å². The number of benzene rings is 2. The zero-order valence-electron chi connectivity index (χ0n) is 16.3. The van der Waals surface area contributed by atoms with Crippen molar-refractivity contribution in [1.82, 2.24) is 5.32 Å². The van der Waals surface area contributed by atoms with Crippen molar-refractivity contribution in [1.29, 1.82) is 0 Å². The van der Waals surface area contributed by atoms with Gasteiger partial charge in [-0.2, -0.15) is 0 Å². The van der Waals surface area contributed by atoms with Crippen LogP contribution in [0.1, 0.15) is 43.1 Å². The van der Waals surface area contributed by atoms with Gasteiger partial charge in [-0.1, -0.05) is 42.5 Å². The Balaban J connectivity index is 0.00000364. The van der Waals surface area contributed by atoms with E-state index in [9.17, 15) is 9.90 Å². The standard InChI is InChI=1S/C22H29NO3.ClH/c1-22(2,3)23-15-18(24)16-26-21-12-8-7-11-19(21)20(25)14-13-17-9-5-4-6-10-17;/h4-12,18,23-24H,13-16H2,1-3H3;1H. The summed E-state index contributed by atoms with van der Waals surface area (Å²) in [6.07, 6.45) is 0.492. The molecule has 0 amide bonds. The van der Waals surface area contributed by atoms with Crippen LogP contribution in [0.4, 0.5) is 0 Å². The fourth-order valence-corrected chi connectivity index (χ4v) is 2.53. The number of rotatable bonds is 9. The Labute approximate surface area is 168 Å². The molecule has 2 N–H and O–H groups in total. The van der Waals surface area contributed by atoms with Crippen molar-refractivity contribution in [3.05, 3.63) is 65.7 Å². The maximum Gasteiger partial charge on any atom is 0.166 e. The predicted octanol–water partition coefficient (Wildman–Crippen LogP) is 4.05. The minimum Gasteiger partial charge on any atom is -0.490 e. The maximum absolute atomic E-state index is 12.6. The van der Waals surface area contributed by atoms with Gasteiger partial charge in [-0.05, 0) is 44.9 Å². The summed E-state index contributed by atoms with van der Waals surface area (Å²) in [7, 11) is 0. The van der Waals surface area contributed by atoms with Gasteiger partial charge in [0.25, 0.3) is 0 Å². The van der Waals surface area contributed by atoms with Gasteiger partial charge in [-0.25, -0.2) is 0 Å². The van der Waals surface area contributed by atoms with E-state index in [1.165, 1.54) is 0 Å². The number of aliphatic hydroxyl groups excluding tert-OH is 1. The smallest absolute Gasteiger partial charge is 0.166 e. The second-order valence-electron chi connectivity index (χ2n) is 7.50. The van der Waals surface area contributed by atoms with Crippen LogP contribution in [0.2, 0.25) is 0 Å². The fourth-order valence-electron chi connectivity index (χ4n) is 2.53. The molecule has 0 heterocycles. The monoisotopic (exact) mass is 391 g/mol. The van der Waals surface area contributed by atoms with E-state index in [1.54, 1.807) is 12.1 Å². The molecule has 2 aromatic carbocycles. The molecule has 2 aromatic rings. The number of halogens is 1. The summed E-state index contributed by atoms with van der Waals surface area (Å²) >= 11 is 0. The number of carbonyl (C=O) groups is 1. The van der Waals surface area contributed by atoms with Crippen LogP contribution in [0.3, 0.4) is 0 Å². The van der Waals surface area contributed by atoms with Crippen molar-refractivity contribution < 1.29 is 14.6 Å². The Bertz CT molecular complexity index is 698. The van der Waals surface area contributed by atoms with Crippen LogP contribution in [0, 0.1) is 0 Å². The zero-order chi connectivity index (χ0) is 19.0. The minimum atomic E-state index is -0.637. The van der Waals surface area contributed by atoms with E-state index >= 15 is 0 Å². The van der Waals surface area contributed by atoms with E-state index in [-0.39, 0.29) is 30.3 Å². The van der Waals surface area contributed by atoms with Crippen LogP contribution in [-0.2, 0) is 6.42 Å². The summed E-state index contributed by atoms with van der Waals surface area (Å²) in [4.78, 5) is 12.6. The van der Waals surface area contributed by atoms with E-state index in [1.807, 2.05) is 63.2 Å². The fraction of sp³-hybridized carbons (Fsp3) is 0.409. The van der Waals surface area contributed by atoms with Crippen molar-refractivity contribution in [3.8, 4) is 5.75 Å². The first-order chi connectivity index (χ1) is 12.3. The average Bonchev–Trinajstić information content (AvgIpc) is 2.63. The summed E-state index contributed by atoms with van der Waals surface area (Å²) < 4.78 is 5.73. The molecule has 2 rings (SSSR count). The highest BCUT2D eigenvalue weighted by molar-refractivity contribution is 5.98. The molecule has 4 nitrogen and oxygen atoms in total. The van der Waals surface area contributed by atoms with Crippen molar-refractivity contribution in [2.75, 3.05) is 13.2 Å². The Morgan fingerprint density at radius 3 is 2.37 bits per heavy atom. The molecule has 0 aliphatic carbocycles. The van der Waals surface area contributed by atoms with E-state index in [0.29, 0.717) is 30.7 Å². The lowest BCUT2D eigenvalue weighted by Crippen LogP contribution is -2.42. The van der Waals surface area contributed by atoms with Gasteiger partial charge < -0.3 is 15.2 Å². The van der Waals surface area contributed by atoms with Gasteiger partial charge in [-0.15, -0.1) is 12.4 Å². The summed E-state index contributed by atoms with van der Waals surface area (Å²) in [5, 5.41) is 13.3. The molecule has 27 heavy (non-hydrogen) atoms. The molecule has 0 saturated heterocycles. The molecule has 0 bridgehead atoms. The topological polar surface area (TPSA) is 58.6 Å². The third kappa shape index (κ3) is 8.57. The number of ether oxygens (including phenoxy) is 1. The maximum atomic E-state index is 12.6. The lowest BCUT2D eigenvalue weighted by Gasteiger charge is -2.23. The SMILES string of the molecule is CC(C)(C)NCC(O)COc1ccccc1C(=O)CCc1ccccc1.Cl. The second-order valence-corrected chi connectivity index (χ2v) is 7.50. The molecular formula is C22H30ClNO3. The molecule has 0 aliphatic heterocycles. The minimum absolute atomic E-state index is 0. The molecule has 0 fully saturated rings. The van der Waals surface area contributed by atoms with Crippen LogP contribution in [0.5, 0.6) is 5.75 Å². The van der Waals surface area contributed by atoms with Crippen molar-refractivity contribution in [2.24, 2.45) is 0 Å². The molecule has 0 aromatic heterocycles. The lowest BCUT2D eigenvalue weighted by atomic mass is 10.0. The number of hydrogen-bond acceptors (Lipinski definition) is 4. The van der Waals surface area contributed by atoms with Crippen LogP contribution in [0.25, 0.3) is 0 Å². The number of nitrogens with one attached hydrogen (secondary N) is 1. The van der Waals surface area contributed by atoms with Gasteiger partial charge >= 0.3 is 0 Å². The lowest BCUT2D eigenvalue weighted by molar-refractivity contribution is 0.0933. The van der Waals surface area contributed by atoms with E-state index in [2.05, 4.69) is 5.32 Å². The first-order valence-corrected chi connectivity index (χ1v) is 9.07. The molecular weight excluding hydrogens is 362 g/mol. The number of hydrogen-bond donors (Lipinski definition) is 2. The number of Topliss-reactive ketones (excluding diaryl/α,β-unsaturated/α-hetero) is 1. The van der Waals surface area contributed by atoms with Gasteiger partial charge in [0.15, 0.2) is 5.78 Å². The normalized spacial score (nSPS) is 12.1. The Kier molecular flexibility index (Phi) is 9.50. The molecule has 0 radical (unpaired) electrons. The van der Waals surface area contributed by atoms with E-state index in [0.717, 1.165) is 5.56 Å². The quantitative estimate of drug-likeness (QED) is 0.633. The Morgan fingerprint density at radius 1 is 1.07 bits per heavy atom. The molecule has 1 atom stereocenters. The molecule has 0 saturated carbocycles. The van der Waals surface area contributed by atoms with E-state index < -0.39 is 6.10 Å². The third-order valence-electron chi connectivity index (χ3n) is 3.97. The number of aliphatic hydroxyl groups is 1. The Hall–Kier alpha value is -1.88. The first kappa shape index (κ1) is 23.2. The Morgan fingerprint density at radius 2 is 1.70 bits per heavy atom. The summed E-state index contributed by atoms with van der Waals surface area (Å²) in [6, 6.07) is 17.2. The predicted molar refractivity (Wildman–Crippen MR) is 112 cm³/mol. The number of β-amino-alcohol motifs (C(OH)–C–C–N with tert-alkyl or cyclic N) is 1. The molecule has 1 unspecified atom stereocenters. The molecule has 0 spiro atoms. The first-order valence-electron chi connectivity index (χ1n) is 9.07. The van der Waals surface area contributed by atoms with Crippen molar-refractivity contribution in [2.45, 2.75) is 45.3 Å². The van der Waals surface area contributed by atoms with Crippen LogP contribution >= 0.6 is 12.4 Å². The molecule has 5 heteroatoms. The highest BCUT2D eigenvalue weighted by Crippen LogP contribution is 2.21. The molecule has 148 valence electrons. The highest BCUT2D eigenvalue weighted by atomic mass is 35.5. The van der Waals surface area contributed by atoms with Crippen LogP contribution < -0.4 is 10.1 Å². The highest BCUT2D eigenvalue weighted by Gasteiger charge is 2.15. The van der Waals surface area contributed by atoms with Gasteiger partial charge in [0.05, 0.1) is 5.56 Å². The number of aryl methyl sites for hydroxylation is 1. The number of ketones is 1. The van der Waals surface area contributed by atoms with Crippen molar-refractivity contribution in [3.63, 3.8) is 0 Å². The summed E-state index contributed by atoms with van der Waals surface area (Å²) in [6.45, 7) is 6.71. The average molecular weight is 392 g/mol. The number of carbonyl (C=O) groups excluding carboxylic acids is 1. The zero-order valence-corrected chi connectivity index (χ0v) is 17.1. The van der Waals surface area contributed by atoms with E-state index in [4.69, 9.17) is 4.74 Å². The number of para-hydroxylation sites is 1. The largest absolute Gasteiger partial charge is 0.490 e. The van der Waals surface area contributed by atoms with Crippen LogP contribution in [0.15, 0.2) is 54.6 Å². The summed E-state index contributed by atoms with van der Waals surface area (Å²) in [5.74, 6) is 0.576. The summed E-state index contributed by atoms with van der Waals surface area (Å²) in [5.41, 5.74) is 1.65. The van der Waals surface area contributed by atoms with Crippen molar-refractivity contribution >= 4 is 18.2 Å². The second kappa shape index (κ2) is 11.1. The van der Waals surface area contributed by atoms with Gasteiger partial charge in [0, 0.05) is 18.5 Å². The van der Waals surface area contributed by atoms with Crippen LogP contribution in [-0.4, -0.2) is 35.7 Å².